The molecule has 18 heavy (non-hydrogen) atoms. The molecular weight excluding hydrogens is 252 g/mol. The highest BCUT2D eigenvalue weighted by molar-refractivity contribution is 5.92. The third-order valence-corrected chi connectivity index (χ3v) is 2.86. The van der Waals surface area contributed by atoms with Crippen molar-refractivity contribution in [1.29, 1.82) is 0 Å². The lowest BCUT2D eigenvalue weighted by Crippen LogP contribution is -2.32. The summed E-state index contributed by atoms with van der Waals surface area (Å²) in [4.78, 5) is 11.7. The molecule has 0 bridgehead atoms. The van der Waals surface area contributed by atoms with Crippen LogP contribution in [0.3, 0.4) is 0 Å². The zero-order chi connectivity index (χ0) is 12.1. The van der Waals surface area contributed by atoms with E-state index in [-0.39, 0.29) is 18.3 Å². The van der Waals surface area contributed by atoms with Crippen molar-refractivity contribution < 1.29 is 4.79 Å². The van der Waals surface area contributed by atoms with Crippen LogP contribution in [0.1, 0.15) is 48.3 Å². The van der Waals surface area contributed by atoms with Gasteiger partial charge in [0, 0.05) is 24.7 Å². The van der Waals surface area contributed by atoms with E-state index in [0.717, 1.165) is 25.2 Å². The van der Waals surface area contributed by atoms with Gasteiger partial charge in [0.1, 0.15) is 5.69 Å². The monoisotopic (exact) mass is 272 g/mol. The van der Waals surface area contributed by atoms with Crippen LogP contribution in [0.15, 0.2) is 6.07 Å². The summed E-state index contributed by atoms with van der Waals surface area (Å²) in [5, 5.41) is 13.0. The van der Waals surface area contributed by atoms with E-state index < -0.39 is 0 Å². The van der Waals surface area contributed by atoms with Gasteiger partial charge in [-0.25, -0.2) is 0 Å². The first-order valence-corrected chi connectivity index (χ1v) is 6.35. The van der Waals surface area contributed by atoms with Crippen LogP contribution in [0.25, 0.3) is 0 Å². The highest BCUT2D eigenvalue weighted by atomic mass is 35.5. The number of hydrogen-bond donors (Lipinski definition) is 3. The summed E-state index contributed by atoms with van der Waals surface area (Å²) in [6.45, 7) is 4.56. The number of hydrogen-bond acceptors (Lipinski definition) is 3. The van der Waals surface area contributed by atoms with E-state index in [9.17, 15) is 4.79 Å². The van der Waals surface area contributed by atoms with Gasteiger partial charge in [-0.05, 0) is 31.9 Å². The minimum Gasteiger partial charge on any atom is -0.349 e. The van der Waals surface area contributed by atoms with Crippen LogP contribution in [0.2, 0.25) is 0 Å². The summed E-state index contributed by atoms with van der Waals surface area (Å²) in [6, 6.07) is 1.87. The predicted octanol–water partition coefficient (Wildman–Crippen LogP) is 1.44. The Hall–Kier alpha value is -1.07. The summed E-state index contributed by atoms with van der Waals surface area (Å²) >= 11 is 0. The van der Waals surface area contributed by atoms with E-state index in [1.54, 1.807) is 0 Å². The lowest BCUT2D eigenvalue weighted by atomic mass is 10.2. The summed E-state index contributed by atoms with van der Waals surface area (Å²) in [7, 11) is 0. The van der Waals surface area contributed by atoms with E-state index >= 15 is 0 Å². The van der Waals surface area contributed by atoms with Gasteiger partial charge in [0.15, 0.2) is 0 Å². The lowest BCUT2D eigenvalue weighted by Gasteiger charge is -2.03. The van der Waals surface area contributed by atoms with Crippen molar-refractivity contribution in [2.45, 2.75) is 32.1 Å². The summed E-state index contributed by atoms with van der Waals surface area (Å²) in [6.07, 6.45) is 3.53. The van der Waals surface area contributed by atoms with Gasteiger partial charge in [0.05, 0.1) is 0 Å². The van der Waals surface area contributed by atoms with E-state index in [0.29, 0.717) is 18.2 Å². The van der Waals surface area contributed by atoms with Crippen molar-refractivity contribution in [3.05, 3.63) is 17.5 Å². The first-order valence-electron chi connectivity index (χ1n) is 6.35. The highest BCUT2D eigenvalue weighted by Gasteiger charge is 2.26. The first-order chi connectivity index (χ1) is 8.31. The SMILES string of the molecule is CCCNCCNC(=O)c1cc(C2CC2)[nH]n1.Cl. The molecule has 1 fully saturated rings. The number of rotatable bonds is 7. The van der Waals surface area contributed by atoms with Gasteiger partial charge >= 0.3 is 0 Å². The highest BCUT2D eigenvalue weighted by Crippen LogP contribution is 2.38. The quantitative estimate of drug-likeness (QED) is 0.658. The van der Waals surface area contributed by atoms with E-state index in [2.05, 4.69) is 27.8 Å². The van der Waals surface area contributed by atoms with Crippen molar-refractivity contribution in [2.75, 3.05) is 19.6 Å². The topological polar surface area (TPSA) is 69.8 Å². The number of nitrogens with one attached hydrogen (secondary N) is 3. The van der Waals surface area contributed by atoms with E-state index in [1.165, 1.54) is 12.8 Å². The Labute approximate surface area is 114 Å². The molecule has 6 heteroatoms. The van der Waals surface area contributed by atoms with Crippen LogP contribution in [0.5, 0.6) is 0 Å². The molecule has 2 rings (SSSR count). The van der Waals surface area contributed by atoms with E-state index in [1.807, 2.05) is 6.07 Å². The normalized spacial score (nSPS) is 14.1. The molecule has 0 aliphatic heterocycles. The number of carbonyl (C=O) groups excluding carboxylic acids is 1. The largest absolute Gasteiger partial charge is 0.349 e. The van der Waals surface area contributed by atoms with Crippen LogP contribution in [-0.4, -0.2) is 35.7 Å². The molecule has 1 aromatic heterocycles. The molecule has 1 heterocycles. The maximum absolute atomic E-state index is 11.7. The molecule has 5 nitrogen and oxygen atoms in total. The molecule has 0 aromatic carbocycles. The van der Waals surface area contributed by atoms with Crippen molar-refractivity contribution in [3.8, 4) is 0 Å². The molecule has 1 aliphatic carbocycles. The van der Waals surface area contributed by atoms with E-state index in [4.69, 9.17) is 0 Å². The zero-order valence-corrected chi connectivity index (χ0v) is 11.5. The Bertz CT molecular complexity index is 376. The van der Waals surface area contributed by atoms with Gasteiger partial charge in [-0.15, -0.1) is 12.4 Å². The Balaban J connectivity index is 0.00000162. The lowest BCUT2D eigenvalue weighted by molar-refractivity contribution is 0.0949. The summed E-state index contributed by atoms with van der Waals surface area (Å²) < 4.78 is 0. The molecule has 1 amide bonds. The second kappa shape index (κ2) is 7.38. The summed E-state index contributed by atoms with van der Waals surface area (Å²) in [5.74, 6) is 0.515. The van der Waals surface area contributed by atoms with Gasteiger partial charge in [-0.3, -0.25) is 9.89 Å². The fraction of sp³-hybridized carbons (Fsp3) is 0.667. The van der Waals surface area contributed by atoms with Gasteiger partial charge in [-0.2, -0.15) is 5.10 Å². The van der Waals surface area contributed by atoms with Crippen LogP contribution >= 0.6 is 12.4 Å². The molecule has 3 N–H and O–H groups in total. The molecule has 1 saturated carbocycles. The average molecular weight is 273 g/mol. The molecule has 0 radical (unpaired) electrons. The third kappa shape index (κ3) is 4.31. The van der Waals surface area contributed by atoms with Crippen molar-refractivity contribution in [2.24, 2.45) is 0 Å². The molecular formula is C12H21ClN4O. The Kier molecular flexibility index (Phi) is 6.15. The van der Waals surface area contributed by atoms with Gasteiger partial charge in [-0.1, -0.05) is 6.92 Å². The Morgan fingerprint density at radius 2 is 2.22 bits per heavy atom. The number of carbonyl (C=O) groups is 1. The number of aromatic amines is 1. The van der Waals surface area contributed by atoms with Gasteiger partial charge < -0.3 is 10.6 Å². The number of aromatic nitrogens is 2. The molecule has 0 atom stereocenters. The average Bonchev–Trinajstić information content (AvgIpc) is 3.07. The molecule has 1 aliphatic rings. The Morgan fingerprint density at radius 1 is 1.44 bits per heavy atom. The maximum Gasteiger partial charge on any atom is 0.271 e. The van der Waals surface area contributed by atoms with Crippen LogP contribution in [0, 0.1) is 0 Å². The first kappa shape index (κ1) is 15.0. The zero-order valence-electron chi connectivity index (χ0n) is 10.7. The standard InChI is InChI=1S/C12H20N4O.ClH/c1-2-5-13-6-7-14-12(17)11-8-10(15-16-11)9-3-4-9;/h8-9,13H,2-7H2,1H3,(H,14,17)(H,15,16);1H. The second-order valence-electron chi connectivity index (χ2n) is 4.49. The van der Waals surface area contributed by atoms with Crippen LogP contribution < -0.4 is 10.6 Å². The van der Waals surface area contributed by atoms with Crippen molar-refractivity contribution >= 4 is 18.3 Å². The Morgan fingerprint density at radius 3 is 2.89 bits per heavy atom. The van der Waals surface area contributed by atoms with Crippen LogP contribution in [-0.2, 0) is 0 Å². The fourth-order valence-corrected chi connectivity index (χ4v) is 1.71. The number of H-pyrrole nitrogens is 1. The van der Waals surface area contributed by atoms with Gasteiger partial charge in [0.2, 0.25) is 0 Å². The predicted molar refractivity (Wildman–Crippen MR) is 73.3 cm³/mol. The second-order valence-corrected chi connectivity index (χ2v) is 4.49. The molecule has 102 valence electrons. The molecule has 1 aromatic rings. The molecule has 0 saturated heterocycles. The van der Waals surface area contributed by atoms with Gasteiger partial charge in [0.25, 0.3) is 5.91 Å². The van der Waals surface area contributed by atoms with Crippen LogP contribution in [0.4, 0.5) is 0 Å². The van der Waals surface area contributed by atoms with Crippen molar-refractivity contribution in [1.82, 2.24) is 20.8 Å². The molecule has 0 spiro atoms. The summed E-state index contributed by atoms with van der Waals surface area (Å²) in [5.41, 5.74) is 1.60. The minimum atomic E-state index is -0.0913. The smallest absolute Gasteiger partial charge is 0.271 e. The number of halogens is 1. The molecule has 0 unspecified atom stereocenters. The minimum absolute atomic E-state index is 0. The maximum atomic E-state index is 11.7. The fourth-order valence-electron chi connectivity index (χ4n) is 1.71. The number of nitrogens with zero attached hydrogens (tertiary/aromatic N) is 1. The number of amides is 1. The third-order valence-electron chi connectivity index (χ3n) is 2.86. The van der Waals surface area contributed by atoms with Crippen molar-refractivity contribution in [3.63, 3.8) is 0 Å².